The zero-order chi connectivity index (χ0) is 12.3. The lowest BCUT2D eigenvalue weighted by molar-refractivity contribution is 0.464. The van der Waals surface area contributed by atoms with Crippen LogP contribution in [0.5, 0.6) is 11.6 Å². The second-order valence-corrected chi connectivity index (χ2v) is 4.51. The maximum atomic E-state index is 6.03. The largest absolute Gasteiger partial charge is 0.437 e. The minimum absolute atomic E-state index is 0.421. The summed E-state index contributed by atoms with van der Waals surface area (Å²) in [5, 5.41) is 0.507. The Labute approximate surface area is 112 Å². The number of nitrogens with zero attached hydrogens (tertiary/aromatic N) is 1. The fourth-order valence-electron chi connectivity index (χ4n) is 1.22. The van der Waals surface area contributed by atoms with E-state index in [1.807, 2.05) is 6.07 Å². The summed E-state index contributed by atoms with van der Waals surface area (Å²) in [5.41, 5.74) is 2.45. The molecule has 1 heterocycles. The standard InChI is InChI=1S/C11H9BrClN3O/c12-7-4-5-9(8(13)6-7)17-11-3-1-2-10(15-11)16-14/h1-6H,14H2,(H,15,16). The van der Waals surface area contributed by atoms with Crippen molar-refractivity contribution in [3.8, 4) is 11.6 Å². The van der Waals surface area contributed by atoms with Gasteiger partial charge in [0.1, 0.15) is 11.6 Å². The molecule has 0 saturated heterocycles. The second kappa shape index (κ2) is 5.35. The first-order valence-electron chi connectivity index (χ1n) is 4.75. The van der Waals surface area contributed by atoms with E-state index in [9.17, 15) is 0 Å². The van der Waals surface area contributed by atoms with Gasteiger partial charge in [0.15, 0.2) is 0 Å². The van der Waals surface area contributed by atoms with Crippen molar-refractivity contribution < 1.29 is 4.74 Å². The third-order valence-electron chi connectivity index (χ3n) is 1.98. The molecule has 0 fully saturated rings. The molecule has 0 amide bonds. The number of pyridine rings is 1. The van der Waals surface area contributed by atoms with Crippen LogP contribution in [-0.2, 0) is 0 Å². The van der Waals surface area contributed by atoms with Gasteiger partial charge in [-0.3, -0.25) is 0 Å². The number of anilines is 1. The summed E-state index contributed by atoms with van der Waals surface area (Å²) in [7, 11) is 0. The number of rotatable bonds is 3. The van der Waals surface area contributed by atoms with Crippen LogP contribution in [0.25, 0.3) is 0 Å². The van der Waals surface area contributed by atoms with Gasteiger partial charge in [0, 0.05) is 10.5 Å². The average molecular weight is 315 g/mol. The van der Waals surface area contributed by atoms with E-state index in [1.165, 1.54) is 0 Å². The maximum absolute atomic E-state index is 6.03. The monoisotopic (exact) mass is 313 g/mol. The third-order valence-corrected chi connectivity index (χ3v) is 2.77. The minimum Gasteiger partial charge on any atom is -0.437 e. The quantitative estimate of drug-likeness (QED) is 0.671. The zero-order valence-corrected chi connectivity index (χ0v) is 11.0. The van der Waals surface area contributed by atoms with Gasteiger partial charge in [0.25, 0.3) is 0 Å². The van der Waals surface area contributed by atoms with Gasteiger partial charge in [0.2, 0.25) is 5.88 Å². The summed E-state index contributed by atoms with van der Waals surface area (Å²) in [6.45, 7) is 0. The Morgan fingerprint density at radius 1 is 1.29 bits per heavy atom. The van der Waals surface area contributed by atoms with Gasteiger partial charge >= 0.3 is 0 Å². The van der Waals surface area contributed by atoms with E-state index in [0.717, 1.165) is 4.47 Å². The zero-order valence-electron chi connectivity index (χ0n) is 8.65. The molecule has 88 valence electrons. The third kappa shape index (κ3) is 3.09. The lowest BCUT2D eigenvalue weighted by atomic mass is 10.3. The van der Waals surface area contributed by atoms with Crippen LogP contribution in [0.1, 0.15) is 0 Å². The second-order valence-electron chi connectivity index (χ2n) is 3.18. The topological polar surface area (TPSA) is 60.2 Å². The Bertz CT molecular complexity index is 536. The van der Waals surface area contributed by atoms with Crippen molar-refractivity contribution in [1.29, 1.82) is 0 Å². The molecular formula is C11H9BrClN3O. The molecule has 0 bridgehead atoms. The van der Waals surface area contributed by atoms with Gasteiger partial charge in [-0.15, -0.1) is 0 Å². The number of benzene rings is 1. The van der Waals surface area contributed by atoms with E-state index >= 15 is 0 Å². The number of nitrogens with two attached hydrogens (primary N) is 1. The number of hydrogen-bond acceptors (Lipinski definition) is 4. The van der Waals surface area contributed by atoms with Crippen LogP contribution in [0.4, 0.5) is 5.82 Å². The van der Waals surface area contributed by atoms with E-state index in [4.69, 9.17) is 22.2 Å². The molecular weight excluding hydrogens is 305 g/mol. The van der Waals surface area contributed by atoms with E-state index in [-0.39, 0.29) is 0 Å². The molecule has 0 atom stereocenters. The number of nitrogens with one attached hydrogen (secondary N) is 1. The number of halogens is 2. The molecule has 1 aromatic carbocycles. The molecule has 6 heteroatoms. The molecule has 0 saturated carbocycles. The van der Waals surface area contributed by atoms with Gasteiger partial charge in [-0.25, -0.2) is 5.84 Å². The molecule has 0 spiro atoms. The Hall–Kier alpha value is -1.30. The summed E-state index contributed by atoms with van der Waals surface area (Å²) < 4.78 is 6.44. The fraction of sp³-hybridized carbons (Fsp3) is 0. The first kappa shape index (κ1) is 12.2. The Balaban J connectivity index is 2.25. The van der Waals surface area contributed by atoms with Crippen LogP contribution < -0.4 is 16.0 Å². The Morgan fingerprint density at radius 2 is 2.12 bits per heavy atom. The van der Waals surface area contributed by atoms with E-state index in [2.05, 4.69) is 26.3 Å². The molecule has 4 nitrogen and oxygen atoms in total. The van der Waals surface area contributed by atoms with E-state index in [1.54, 1.807) is 30.3 Å². The summed E-state index contributed by atoms with van der Waals surface area (Å²) in [5.74, 6) is 6.74. The van der Waals surface area contributed by atoms with Crippen LogP contribution in [0.15, 0.2) is 40.9 Å². The number of aromatic nitrogens is 1. The summed E-state index contributed by atoms with van der Waals surface area (Å²) >= 11 is 9.35. The highest BCUT2D eigenvalue weighted by Crippen LogP contribution is 2.31. The molecule has 3 N–H and O–H groups in total. The molecule has 0 unspecified atom stereocenters. The molecule has 0 aliphatic heterocycles. The van der Waals surface area contributed by atoms with Gasteiger partial charge in [0.05, 0.1) is 5.02 Å². The molecule has 1 aromatic heterocycles. The number of nitrogen functional groups attached to an aromatic ring is 1. The van der Waals surface area contributed by atoms with Crippen molar-refractivity contribution in [3.05, 3.63) is 45.9 Å². The molecule has 2 rings (SSSR count). The summed E-state index contributed by atoms with van der Waals surface area (Å²) in [4.78, 5) is 4.12. The van der Waals surface area contributed by atoms with Crippen LogP contribution in [0.3, 0.4) is 0 Å². The van der Waals surface area contributed by atoms with E-state index in [0.29, 0.717) is 22.5 Å². The van der Waals surface area contributed by atoms with Crippen molar-refractivity contribution in [2.45, 2.75) is 0 Å². The van der Waals surface area contributed by atoms with Crippen molar-refractivity contribution >= 4 is 33.3 Å². The average Bonchev–Trinajstić information content (AvgIpc) is 2.33. The molecule has 2 aromatic rings. The normalized spacial score (nSPS) is 10.1. The van der Waals surface area contributed by atoms with Gasteiger partial charge in [-0.05, 0) is 24.3 Å². The van der Waals surface area contributed by atoms with Gasteiger partial charge in [-0.1, -0.05) is 33.6 Å². The van der Waals surface area contributed by atoms with Crippen LogP contribution in [0, 0.1) is 0 Å². The number of hydrogen-bond donors (Lipinski definition) is 2. The van der Waals surface area contributed by atoms with Crippen LogP contribution >= 0.6 is 27.5 Å². The summed E-state index contributed by atoms with van der Waals surface area (Å²) in [6.07, 6.45) is 0. The number of hydrazine groups is 1. The highest BCUT2D eigenvalue weighted by Gasteiger charge is 2.05. The van der Waals surface area contributed by atoms with Crippen LogP contribution in [-0.4, -0.2) is 4.98 Å². The minimum atomic E-state index is 0.421. The van der Waals surface area contributed by atoms with Crippen molar-refractivity contribution in [2.75, 3.05) is 5.43 Å². The van der Waals surface area contributed by atoms with Gasteiger partial charge < -0.3 is 10.2 Å². The summed E-state index contributed by atoms with van der Waals surface area (Å²) in [6, 6.07) is 10.6. The fourth-order valence-corrected chi connectivity index (χ4v) is 1.93. The highest BCUT2D eigenvalue weighted by atomic mass is 79.9. The van der Waals surface area contributed by atoms with Crippen molar-refractivity contribution in [2.24, 2.45) is 5.84 Å². The first-order valence-corrected chi connectivity index (χ1v) is 5.93. The number of ether oxygens (including phenoxy) is 1. The van der Waals surface area contributed by atoms with Crippen molar-refractivity contribution in [3.63, 3.8) is 0 Å². The van der Waals surface area contributed by atoms with Gasteiger partial charge in [-0.2, -0.15) is 4.98 Å². The smallest absolute Gasteiger partial charge is 0.221 e. The predicted octanol–water partition coefficient (Wildman–Crippen LogP) is 3.58. The Kier molecular flexibility index (Phi) is 3.83. The lowest BCUT2D eigenvalue weighted by Crippen LogP contribution is -2.08. The van der Waals surface area contributed by atoms with E-state index < -0.39 is 0 Å². The Morgan fingerprint density at radius 3 is 2.82 bits per heavy atom. The maximum Gasteiger partial charge on any atom is 0.221 e. The lowest BCUT2D eigenvalue weighted by Gasteiger charge is -2.07. The molecule has 17 heavy (non-hydrogen) atoms. The molecule has 0 aliphatic rings. The SMILES string of the molecule is NNc1cccc(Oc2ccc(Br)cc2Cl)n1. The predicted molar refractivity (Wildman–Crippen MR) is 71.3 cm³/mol. The van der Waals surface area contributed by atoms with Crippen LogP contribution in [0.2, 0.25) is 5.02 Å². The molecule has 0 aliphatic carbocycles. The highest BCUT2D eigenvalue weighted by molar-refractivity contribution is 9.10. The molecule has 0 radical (unpaired) electrons. The van der Waals surface area contributed by atoms with Crippen molar-refractivity contribution in [1.82, 2.24) is 4.98 Å². The first-order chi connectivity index (χ1) is 8.19.